The second-order valence-corrected chi connectivity index (χ2v) is 5.95. The van der Waals surface area contributed by atoms with Crippen LogP contribution in [0, 0.1) is 11.8 Å². The number of hydrogen-bond donors (Lipinski definition) is 2. The van der Waals surface area contributed by atoms with Crippen molar-refractivity contribution in [3.05, 3.63) is 29.0 Å². The second-order valence-electron chi connectivity index (χ2n) is 5.04. The number of pyridine rings is 2. The molecular weight excluding hydrogens is 292 g/mol. The van der Waals surface area contributed by atoms with Gasteiger partial charge in [-0.1, -0.05) is 0 Å². The topological polar surface area (TPSA) is 49.8 Å². The summed E-state index contributed by atoms with van der Waals surface area (Å²) < 4.78 is 0.965. The fourth-order valence-electron chi connectivity index (χ4n) is 2.93. The average Bonchev–Trinajstić information content (AvgIpc) is 2.83. The first-order valence-electron chi connectivity index (χ1n) is 6.20. The first kappa shape index (κ1) is 10.7. The molecule has 2 atom stereocenters. The number of piperidine rings is 1. The van der Waals surface area contributed by atoms with Crippen molar-refractivity contribution in [2.45, 2.75) is 6.04 Å². The van der Waals surface area contributed by atoms with Gasteiger partial charge in [-0.05, 0) is 39.9 Å². The number of nitrogens with one attached hydrogen (secondary N) is 2. The normalized spacial score (nSPS) is 29.3. The van der Waals surface area contributed by atoms with Gasteiger partial charge in [-0.3, -0.25) is 9.97 Å². The summed E-state index contributed by atoms with van der Waals surface area (Å²) in [4.78, 5) is 8.83. The lowest BCUT2D eigenvalue weighted by atomic mass is 10.2. The predicted octanol–water partition coefficient (Wildman–Crippen LogP) is 2.02. The summed E-state index contributed by atoms with van der Waals surface area (Å²) >= 11 is 3.43. The molecule has 18 heavy (non-hydrogen) atoms. The van der Waals surface area contributed by atoms with Crippen molar-refractivity contribution in [2.75, 3.05) is 18.4 Å². The molecule has 4 rings (SSSR count). The molecule has 1 aliphatic carbocycles. The summed E-state index contributed by atoms with van der Waals surface area (Å²) in [6.45, 7) is 2.29. The van der Waals surface area contributed by atoms with Crippen molar-refractivity contribution in [1.82, 2.24) is 15.3 Å². The highest BCUT2D eigenvalue weighted by molar-refractivity contribution is 9.10. The monoisotopic (exact) mass is 304 g/mol. The Balaban J connectivity index is 1.68. The maximum absolute atomic E-state index is 4.47. The summed E-state index contributed by atoms with van der Waals surface area (Å²) in [5.41, 5.74) is 2.99. The Bertz CT molecular complexity index is 605. The molecule has 2 aliphatic rings. The molecule has 0 amide bonds. The van der Waals surface area contributed by atoms with E-state index in [0.29, 0.717) is 6.04 Å². The fraction of sp³-hybridized carbons (Fsp3) is 0.385. The van der Waals surface area contributed by atoms with Crippen LogP contribution in [0.25, 0.3) is 11.0 Å². The third-order valence-electron chi connectivity index (χ3n) is 3.96. The van der Waals surface area contributed by atoms with Crippen molar-refractivity contribution in [2.24, 2.45) is 11.8 Å². The molecule has 1 aliphatic heterocycles. The van der Waals surface area contributed by atoms with Crippen molar-refractivity contribution < 1.29 is 0 Å². The van der Waals surface area contributed by atoms with Crippen LogP contribution < -0.4 is 10.6 Å². The van der Waals surface area contributed by atoms with Gasteiger partial charge in [0.25, 0.3) is 0 Å². The van der Waals surface area contributed by atoms with Crippen molar-refractivity contribution in [1.29, 1.82) is 0 Å². The van der Waals surface area contributed by atoms with Crippen molar-refractivity contribution in [3.8, 4) is 0 Å². The lowest BCUT2D eigenvalue weighted by Crippen LogP contribution is -2.21. The molecule has 2 unspecified atom stereocenters. The summed E-state index contributed by atoms with van der Waals surface area (Å²) in [5, 5.41) is 7.03. The van der Waals surface area contributed by atoms with Crippen LogP contribution in [0.15, 0.2) is 29.0 Å². The summed E-state index contributed by atoms with van der Waals surface area (Å²) in [6, 6.07) is 4.63. The number of rotatable bonds is 2. The van der Waals surface area contributed by atoms with Gasteiger partial charge in [-0.25, -0.2) is 0 Å². The Labute approximate surface area is 113 Å². The second kappa shape index (κ2) is 3.90. The summed E-state index contributed by atoms with van der Waals surface area (Å²) in [7, 11) is 0. The number of anilines is 1. The average molecular weight is 305 g/mol. The number of aromatic nitrogens is 2. The van der Waals surface area contributed by atoms with Gasteiger partial charge in [-0.15, -0.1) is 0 Å². The van der Waals surface area contributed by atoms with Gasteiger partial charge in [0.15, 0.2) is 0 Å². The highest BCUT2D eigenvalue weighted by Crippen LogP contribution is 2.44. The van der Waals surface area contributed by atoms with E-state index < -0.39 is 0 Å². The van der Waals surface area contributed by atoms with Crippen LogP contribution in [0.4, 0.5) is 5.69 Å². The van der Waals surface area contributed by atoms with Gasteiger partial charge in [0, 0.05) is 36.0 Å². The minimum absolute atomic E-state index is 0.613. The Hall–Kier alpha value is -1.20. The quantitative estimate of drug-likeness (QED) is 0.891. The molecule has 4 nitrogen and oxygen atoms in total. The molecule has 1 saturated heterocycles. The van der Waals surface area contributed by atoms with Gasteiger partial charge in [0.2, 0.25) is 0 Å². The molecule has 0 spiro atoms. The molecule has 2 fully saturated rings. The van der Waals surface area contributed by atoms with E-state index in [1.165, 1.54) is 0 Å². The number of fused-ring (bicyclic) bond motifs is 2. The predicted molar refractivity (Wildman–Crippen MR) is 74.5 cm³/mol. The lowest BCUT2D eigenvalue weighted by Gasteiger charge is -2.10. The maximum atomic E-state index is 4.47. The van der Waals surface area contributed by atoms with Crippen LogP contribution in [0.5, 0.6) is 0 Å². The van der Waals surface area contributed by atoms with Gasteiger partial charge in [0.1, 0.15) is 5.52 Å². The standard InChI is InChI=1S/C13H13BrN4/c14-7-3-11-13(17-4-7)10(1-2-16-11)18-12-8-5-15-6-9(8)12/h1-4,8-9,12,15H,5-6H2,(H,16,18). The van der Waals surface area contributed by atoms with Crippen LogP contribution in [-0.4, -0.2) is 29.1 Å². The minimum atomic E-state index is 0.613. The SMILES string of the molecule is Brc1cnc2c(NC3C4CNCC43)ccnc2c1. The number of halogens is 1. The third-order valence-corrected chi connectivity index (χ3v) is 4.39. The molecular formula is C13H13BrN4. The van der Waals surface area contributed by atoms with E-state index in [1.54, 1.807) is 0 Å². The Morgan fingerprint density at radius 1 is 1.28 bits per heavy atom. The van der Waals surface area contributed by atoms with Crippen LogP contribution in [0.1, 0.15) is 0 Å². The van der Waals surface area contributed by atoms with Crippen LogP contribution in [0.3, 0.4) is 0 Å². The van der Waals surface area contributed by atoms with Crippen LogP contribution in [-0.2, 0) is 0 Å². The third kappa shape index (κ3) is 1.61. The summed E-state index contributed by atoms with van der Waals surface area (Å²) in [5.74, 6) is 1.59. The van der Waals surface area contributed by atoms with Crippen molar-refractivity contribution in [3.63, 3.8) is 0 Å². The zero-order valence-corrected chi connectivity index (χ0v) is 11.3. The first-order valence-corrected chi connectivity index (χ1v) is 7.00. The van der Waals surface area contributed by atoms with E-state index in [1.807, 2.05) is 24.5 Å². The molecule has 2 aromatic heterocycles. The lowest BCUT2D eigenvalue weighted by molar-refractivity contribution is 0.697. The fourth-order valence-corrected chi connectivity index (χ4v) is 3.25. The van der Waals surface area contributed by atoms with E-state index in [-0.39, 0.29) is 0 Å². The summed E-state index contributed by atoms with van der Waals surface area (Å²) in [6.07, 6.45) is 3.67. The van der Waals surface area contributed by atoms with Gasteiger partial charge in [-0.2, -0.15) is 0 Å². The van der Waals surface area contributed by atoms with Gasteiger partial charge >= 0.3 is 0 Å². The molecule has 5 heteroatoms. The van der Waals surface area contributed by atoms with E-state index in [2.05, 4.69) is 36.5 Å². The molecule has 2 aromatic rings. The molecule has 0 bridgehead atoms. The van der Waals surface area contributed by atoms with E-state index in [0.717, 1.165) is 46.1 Å². The Morgan fingerprint density at radius 2 is 2.11 bits per heavy atom. The van der Waals surface area contributed by atoms with E-state index in [9.17, 15) is 0 Å². The molecule has 2 N–H and O–H groups in total. The zero-order valence-electron chi connectivity index (χ0n) is 9.73. The van der Waals surface area contributed by atoms with Crippen LogP contribution in [0.2, 0.25) is 0 Å². The van der Waals surface area contributed by atoms with Crippen molar-refractivity contribution >= 4 is 32.7 Å². The molecule has 0 aromatic carbocycles. The number of nitrogens with zero attached hydrogens (tertiary/aromatic N) is 2. The first-order chi connectivity index (χ1) is 8.83. The van der Waals surface area contributed by atoms with Gasteiger partial charge < -0.3 is 10.6 Å². The minimum Gasteiger partial charge on any atom is -0.380 e. The highest BCUT2D eigenvalue weighted by Gasteiger charge is 2.53. The number of hydrogen-bond acceptors (Lipinski definition) is 4. The largest absolute Gasteiger partial charge is 0.380 e. The molecule has 3 heterocycles. The van der Waals surface area contributed by atoms with Crippen LogP contribution >= 0.6 is 15.9 Å². The Morgan fingerprint density at radius 3 is 2.94 bits per heavy atom. The molecule has 0 radical (unpaired) electrons. The molecule has 92 valence electrons. The Kier molecular flexibility index (Phi) is 2.32. The smallest absolute Gasteiger partial charge is 0.112 e. The zero-order chi connectivity index (χ0) is 12.1. The van der Waals surface area contributed by atoms with Gasteiger partial charge in [0.05, 0.1) is 11.2 Å². The molecule has 1 saturated carbocycles. The highest BCUT2D eigenvalue weighted by atomic mass is 79.9. The van der Waals surface area contributed by atoms with E-state index in [4.69, 9.17) is 0 Å². The maximum Gasteiger partial charge on any atom is 0.112 e. The van der Waals surface area contributed by atoms with E-state index >= 15 is 0 Å².